The zero-order valence-corrected chi connectivity index (χ0v) is 16.6. The van der Waals surface area contributed by atoms with Crippen molar-refractivity contribution in [3.63, 3.8) is 0 Å². The first-order valence-corrected chi connectivity index (χ1v) is 9.65. The molecule has 0 saturated heterocycles. The molecule has 158 valence electrons. The summed E-state index contributed by atoms with van der Waals surface area (Å²) in [4.78, 5) is 28.1. The summed E-state index contributed by atoms with van der Waals surface area (Å²) in [6.07, 6.45) is -4.51. The van der Waals surface area contributed by atoms with Crippen molar-refractivity contribution in [1.29, 1.82) is 0 Å². The minimum Gasteiger partial charge on any atom is -0.480 e. The van der Waals surface area contributed by atoms with Crippen LogP contribution in [0.1, 0.15) is 40.9 Å². The van der Waals surface area contributed by atoms with E-state index in [1.807, 2.05) is 0 Å². The molecule has 0 aliphatic rings. The van der Waals surface area contributed by atoms with Crippen molar-refractivity contribution in [1.82, 2.24) is 4.57 Å². The maximum Gasteiger partial charge on any atom is 0.416 e. The smallest absolute Gasteiger partial charge is 0.416 e. The molecule has 30 heavy (non-hydrogen) atoms. The molecular formula is C20H16F4N2O3S. The van der Waals surface area contributed by atoms with Gasteiger partial charge in [-0.05, 0) is 43.2 Å². The molecule has 0 saturated carbocycles. The van der Waals surface area contributed by atoms with E-state index >= 15 is 0 Å². The average molecular weight is 440 g/mol. The molecule has 1 amide bonds. The molecule has 0 radical (unpaired) electrons. The van der Waals surface area contributed by atoms with Gasteiger partial charge in [0.05, 0.1) is 15.8 Å². The lowest BCUT2D eigenvalue weighted by Crippen LogP contribution is -2.27. The zero-order valence-electron chi connectivity index (χ0n) is 15.8. The van der Waals surface area contributed by atoms with Crippen LogP contribution in [0.15, 0.2) is 41.4 Å². The van der Waals surface area contributed by atoms with Gasteiger partial charge in [-0.3, -0.25) is 4.79 Å². The maximum atomic E-state index is 14.6. The van der Waals surface area contributed by atoms with Gasteiger partial charge >= 0.3 is 12.1 Å². The first kappa shape index (κ1) is 21.7. The first-order chi connectivity index (χ1) is 14.0. The van der Waals surface area contributed by atoms with Crippen LogP contribution in [0.3, 0.4) is 0 Å². The van der Waals surface area contributed by atoms with E-state index in [1.165, 1.54) is 29.7 Å². The number of alkyl halides is 3. The molecule has 10 heteroatoms. The van der Waals surface area contributed by atoms with Gasteiger partial charge in [0.25, 0.3) is 5.91 Å². The zero-order chi connectivity index (χ0) is 22.2. The highest BCUT2D eigenvalue weighted by atomic mass is 32.1. The summed E-state index contributed by atoms with van der Waals surface area (Å²) >= 11 is 0.773. The molecule has 2 aromatic carbocycles. The van der Waals surface area contributed by atoms with E-state index in [1.54, 1.807) is 6.92 Å². The number of fused-ring (bicyclic) bond motifs is 1. The van der Waals surface area contributed by atoms with Crippen LogP contribution in [0.2, 0.25) is 0 Å². The molecule has 0 fully saturated rings. The Morgan fingerprint density at radius 3 is 2.53 bits per heavy atom. The molecule has 1 N–H and O–H groups in total. The number of carboxylic acids is 1. The van der Waals surface area contributed by atoms with E-state index in [9.17, 15) is 32.3 Å². The Balaban J connectivity index is 2.24. The Kier molecular flexibility index (Phi) is 5.80. The molecule has 1 heterocycles. The fourth-order valence-electron chi connectivity index (χ4n) is 3.00. The molecule has 0 aliphatic heterocycles. The van der Waals surface area contributed by atoms with E-state index < -0.39 is 35.5 Å². The van der Waals surface area contributed by atoms with Gasteiger partial charge in [0.15, 0.2) is 4.80 Å². The Hall–Kier alpha value is -3.01. The van der Waals surface area contributed by atoms with Gasteiger partial charge in [-0.25, -0.2) is 9.18 Å². The third-order valence-electron chi connectivity index (χ3n) is 4.55. The predicted octanol–water partition coefficient (Wildman–Crippen LogP) is 4.95. The molecule has 0 spiro atoms. The van der Waals surface area contributed by atoms with Crippen LogP contribution < -0.4 is 4.80 Å². The van der Waals surface area contributed by atoms with E-state index in [4.69, 9.17) is 0 Å². The van der Waals surface area contributed by atoms with Crippen LogP contribution in [-0.2, 0) is 11.0 Å². The number of nitrogens with zero attached hydrogens (tertiary/aromatic N) is 2. The first-order valence-electron chi connectivity index (χ1n) is 8.83. The standard InChI is InChI=1S/C20H16F4N2O3S/c1-3-13(18(28)29)26-14-8-7-10(2)15(21)16(14)30-19(26)25-17(27)11-5-4-6-12(9-11)20(22,23)24/h4-9,13H,3H2,1-2H3,(H,28,29)/b25-19-. The fraction of sp³-hybridized carbons (Fsp3) is 0.250. The number of aromatic nitrogens is 1. The lowest BCUT2D eigenvalue weighted by molar-refractivity contribution is -0.141. The Morgan fingerprint density at radius 2 is 1.93 bits per heavy atom. The van der Waals surface area contributed by atoms with E-state index in [0.29, 0.717) is 11.6 Å². The highest BCUT2D eigenvalue weighted by molar-refractivity contribution is 7.16. The number of carboxylic acid groups (broad SMARTS) is 1. The third-order valence-corrected chi connectivity index (χ3v) is 5.61. The molecule has 3 rings (SSSR count). The van der Waals surface area contributed by atoms with Gasteiger partial charge in [0.2, 0.25) is 0 Å². The van der Waals surface area contributed by atoms with Crippen LogP contribution in [-0.4, -0.2) is 21.6 Å². The monoisotopic (exact) mass is 440 g/mol. The Morgan fingerprint density at radius 1 is 1.23 bits per heavy atom. The van der Waals surface area contributed by atoms with Gasteiger partial charge in [0, 0.05) is 5.56 Å². The number of rotatable bonds is 4. The molecule has 5 nitrogen and oxygen atoms in total. The number of hydrogen-bond donors (Lipinski definition) is 1. The number of benzene rings is 2. The molecule has 1 aromatic heterocycles. The summed E-state index contributed by atoms with van der Waals surface area (Å²) in [5, 5.41) is 9.57. The Bertz CT molecular complexity index is 1210. The maximum absolute atomic E-state index is 14.6. The molecule has 1 unspecified atom stereocenters. The summed E-state index contributed by atoms with van der Waals surface area (Å²) in [6.45, 7) is 3.15. The molecular weight excluding hydrogens is 424 g/mol. The number of aryl methyl sites for hydroxylation is 1. The number of halogens is 4. The third kappa shape index (κ3) is 4.00. The number of amides is 1. The molecule has 0 aliphatic carbocycles. The highest BCUT2D eigenvalue weighted by Gasteiger charge is 2.31. The molecule has 1 atom stereocenters. The van der Waals surface area contributed by atoms with E-state index in [0.717, 1.165) is 23.5 Å². The van der Waals surface area contributed by atoms with Gasteiger partial charge in [-0.15, -0.1) is 0 Å². The van der Waals surface area contributed by atoms with Crippen molar-refractivity contribution >= 4 is 33.4 Å². The summed E-state index contributed by atoms with van der Waals surface area (Å²) in [6, 6.07) is 5.64. The SMILES string of the molecule is CCC(C(=O)O)n1/c(=N/C(=O)c2cccc(C(F)(F)F)c2)sc2c(F)c(C)ccc21. The lowest BCUT2D eigenvalue weighted by atomic mass is 10.1. The van der Waals surface area contributed by atoms with Crippen LogP contribution >= 0.6 is 11.3 Å². The van der Waals surface area contributed by atoms with Gasteiger partial charge in [-0.1, -0.05) is 30.4 Å². The number of carbonyl (C=O) groups excluding carboxylic acids is 1. The molecule has 0 bridgehead atoms. The minimum absolute atomic E-state index is 0.105. The second-order valence-corrected chi connectivity index (χ2v) is 7.53. The number of hydrogen-bond acceptors (Lipinski definition) is 3. The van der Waals surface area contributed by atoms with Gasteiger partial charge in [0.1, 0.15) is 11.9 Å². The van der Waals surface area contributed by atoms with Crippen LogP contribution in [0, 0.1) is 12.7 Å². The lowest BCUT2D eigenvalue weighted by Gasteiger charge is -2.13. The average Bonchev–Trinajstić information content (AvgIpc) is 3.03. The normalized spacial score (nSPS) is 13.6. The summed E-state index contributed by atoms with van der Waals surface area (Å²) < 4.78 is 54.8. The topological polar surface area (TPSA) is 71.7 Å². The van der Waals surface area contributed by atoms with Crippen molar-refractivity contribution in [2.75, 3.05) is 0 Å². The van der Waals surface area contributed by atoms with E-state index in [-0.39, 0.29) is 27.0 Å². The van der Waals surface area contributed by atoms with Gasteiger partial charge in [-0.2, -0.15) is 18.2 Å². The fourth-order valence-corrected chi connectivity index (χ4v) is 4.16. The minimum atomic E-state index is -4.63. The van der Waals surface area contributed by atoms with Crippen molar-refractivity contribution in [2.45, 2.75) is 32.5 Å². The number of thiazole rings is 1. The Labute approximate surface area is 171 Å². The summed E-state index contributed by atoms with van der Waals surface area (Å²) in [5.41, 5.74) is -0.747. The van der Waals surface area contributed by atoms with Crippen molar-refractivity contribution < 1.29 is 32.3 Å². The van der Waals surface area contributed by atoms with Crippen molar-refractivity contribution in [2.24, 2.45) is 4.99 Å². The second-order valence-electron chi connectivity index (χ2n) is 6.56. The predicted molar refractivity (Wildman–Crippen MR) is 103 cm³/mol. The summed E-state index contributed by atoms with van der Waals surface area (Å²) in [5.74, 6) is -2.76. The van der Waals surface area contributed by atoms with Crippen LogP contribution in [0.4, 0.5) is 17.6 Å². The molecule has 3 aromatic rings. The van der Waals surface area contributed by atoms with Crippen LogP contribution in [0.25, 0.3) is 10.2 Å². The van der Waals surface area contributed by atoms with Crippen molar-refractivity contribution in [3.8, 4) is 0 Å². The number of carbonyl (C=O) groups is 2. The quantitative estimate of drug-likeness (QED) is 0.584. The van der Waals surface area contributed by atoms with E-state index in [2.05, 4.69) is 4.99 Å². The van der Waals surface area contributed by atoms with Crippen molar-refractivity contribution in [3.05, 3.63) is 63.7 Å². The highest BCUT2D eigenvalue weighted by Crippen LogP contribution is 2.30. The number of aliphatic carboxylic acids is 1. The summed E-state index contributed by atoms with van der Waals surface area (Å²) in [7, 11) is 0. The van der Waals surface area contributed by atoms with Gasteiger partial charge < -0.3 is 9.67 Å². The van der Waals surface area contributed by atoms with Crippen LogP contribution in [0.5, 0.6) is 0 Å². The second kappa shape index (κ2) is 8.02. The largest absolute Gasteiger partial charge is 0.480 e.